The Bertz CT molecular complexity index is 1380. The molecule has 0 aromatic heterocycles. The van der Waals surface area contributed by atoms with E-state index in [1.807, 2.05) is 41.3 Å². The topological polar surface area (TPSA) is 119 Å². The van der Waals surface area contributed by atoms with Crippen LogP contribution in [0.5, 0.6) is 0 Å². The van der Waals surface area contributed by atoms with Crippen LogP contribution in [0.3, 0.4) is 0 Å². The monoisotopic (exact) mass is 654 g/mol. The first-order valence-electron chi connectivity index (χ1n) is 14.9. The number of allylic oxidation sites excluding steroid dienone is 6. The van der Waals surface area contributed by atoms with Gasteiger partial charge in [0.05, 0.1) is 11.4 Å². The minimum absolute atomic E-state index is 0.0672. The number of halogens is 6. The van der Waals surface area contributed by atoms with Crippen LogP contribution >= 0.6 is 0 Å². The summed E-state index contributed by atoms with van der Waals surface area (Å²) in [5.74, 6) is 0. The lowest BCUT2D eigenvalue weighted by molar-refractivity contribution is -0.143. The SMILES string of the molecule is CNC(/C=C(N)/C(N)=C/C(=C\C/C(N)=C/C(N)C(F)(F)F)N(C1=CC=C(C(C)(C)C)CC1)c1ccc(C(C)(C)C)cc1)C(F)(F)F. The second-order valence-electron chi connectivity index (χ2n) is 13.4. The predicted molar refractivity (Wildman–Crippen MR) is 175 cm³/mol. The first-order valence-corrected chi connectivity index (χ1v) is 14.9. The molecule has 0 saturated heterocycles. The van der Waals surface area contributed by atoms with Gasteiger partial charge in [-0.05, 0) is 72.7 Å². The van der Waals surface area contributed by atoms with E-state index in [-0.39, 0.29) is 34.3 Å². The molecule has 0 saturated carbocycles. The molecule has 1 aliphatic carbocycles. The van der Waals surface area contributed by atoms with E-state index in [9.17, 15) is 26.3 Å². The van der Waals surface area contributed by atoms with Crippen LogP contribution in [0.4, 0.5) is 32.0 Å². The van der Waals surface area contributed by atoms with Crippen molar-refractivity contribution in [3.05, 3.63) is 100 Å². The van der Waals surface area contributed by atoms with Gasteiger partial charge in [0, 0.05) is 29.2 Å². The summed E-state index contributed by atoms with van der Waals surface area (Å²) in [6, 6.07) is 3.42. The van der Waals surface area contributed by atoms with Crippen molar-refractivity contribution in [3.63, 3.8) is 0 Å². The van der Waals surface area contributed by atoms with Gasteiger partial charge in [0.2, 0.25) is 0 Å². The van der Waals surface area contributed by atoms with E-state index >= 15 is 0 Å². The molecule has 0 bridgehead atoms. The number of nitrogens with one attached hydrogen (secondary N) is 1. The molecular formula is C34H48F6N6. The maximum Gasteiger partial charge on any atom is 0.407 e. The number of nitrogens with two attached hydrogens (primary N) is 4. The zero-order valence-corrected chi connectivity index (χ0v) is 27.6. The fourth-order valence-electron chi connectivity index (χ4n) is 4.72. The first-order chi connectivity index (χ1) is 20.9. The molecule has 12 heteroatoms. The van der Waals surface area contributed by atoms with Gasteiger partial charge in [0.15, 0.2) is 0 Å². The molecule has 0 spiro atoms. The van der Waals surface area contributed by atoms with E-state index in [1.54, 1.807) is 6.08 Å². The first kappa shape index (κ1) is 38.5. The summed E-state index contributed by atoms with van der Waals surface area (Å²) in [7, 11) is 1.14. The molecular weight excluding hydrogens is 606 g/mol. The van der Waals surface area contributed by atoms with E-state index < -0.39 is 24.4 Å². The molecule has 0 aliphatic heterocycles. The Hall–Kier alpha value is -3.64. The number of likely N-dealkylation sites (N-methyl/N-ethyl adjacent to an activating group) is 1. The van der Waals surface area contributed by atoms with Crippen molar-refractivity contribution in [2.75, 3.05) is 11.9 Å². The molecule has 9 N–H and O–H groups in total. The van der Waals surface area contributed by atoms with Crippen LogP contribution < -0.4 is 33.2 Å². The van der Waals surface area contributed by atoms with Crippen LogP contribution in [0.15, 0.2) is 94.8 Å². The van der Waals surface area contributed by atoms with Crippen molar-refractivity contribution in [3.8, 4) is 0 Å². The Labute approximate surface area is 268 Å². The van der Waals surface area contributed by atoms with Gasteiger partial charge >= 0.3 is 12.4 Å². The molecule has 2 atom stereocenters. The van der Waals surface area contributed by atoms with Gasteiger partial charge in [-0.25, -0.2) is 0 Å². The van der Waals surface area contributed by atoms with Gasteiger partial charge in [-0.2, -0.15) is 26.3 Å². The second-order valence-corrected chi connectivity index (χ2v) is 13.4. The number of hydrogen-bond acceptors (Lipinski definition) is 6. The summed E-state index contributed by atoms with van der Waals surface area (Å²) in [6.07, 6.45) is 0.277. The molecule has 6 nitrogen and oxygen atoms in total. The smallest absolute Gasteiger partial charge is 0.402 e. The third-order valence-electron chi connectivity index (χ3n) is 7.59. The summed E-state index contributed by atoms with van der Waals surface area (Å²) in [6.45, 7) is 12.6. The Morgan fingerprint density at radius 3 is 1.85 bits per heavy atom. The Morgan fingerprint density at radius 1 is 0.826 bits per heavy atom. The highest BCUT2D eigenvalue weighted by Crippen LogP contribution is 2.38. The molecule has 2 unspecified atom stereocenters. The van der Waals surface area contributed by atoms with Gasteiger partial charge < -0.3 is 33.2 Å². The second kappa shape index (κ2) is 14.8. The molecule has 0 fully saturated rings. The highest BCUT2D eigenvalue weighted by Gasteiger charge is 2.37. The highest BCUT2D eigenvalue weighted by atomic mass is 19.4. The van der Waals surface area contributed by atoms with E-state index in [2.05, 4.69) is 46.9 Å². The average molecular weight is 655 g/mol. The third kappa shape index (κ3) is 11.0. The van der Waals surface area contributed by atoms with Crippen molar-refractivity contribution in [2.24, 2.45) is 28.3 Å². The lowest BCUT2D eigenvalue weighted by Gasteiger charge is -2.33. The maximum absolute atomic E-state index is 13.5. The lowest BCUT2D eigenvalue weighted by atomic mass is 9.81. The molecule has 1 aliphatic rings. The quantitative estimate of drug-likeness (QED) is 0.134. The number of rotatable bonds is 10. The fourth-order valence-corrected chi connectivity index (χ4v) is 4.72. The van der Waals surface area contributed by atoms with E-state index in [4.69, 9.17) is 22.9 Å². The van der Waals surface area contributed by atoms with Crippen LogP contribution in [0.2, 0.25) is 0 Å². The summed E-state index contributed by atoms with van der Waals surface area (Å²) >= 11 is 0. The molecule has 2 rings (SSSR count). The minimum atomic E-state index is -4.69. The number of nitrogens with zero attached hydrogens (tertiary/aromatic N) is 1. The van der Waals surface area contributed by atoms with Crippen molar-refractivity contribution in [2.45, 2.75) is 90.7 Å². The lowest BCUT2D eigenvalue weighted by Crippen LogP contribution is -2.39. The zero-order chi connectivity index (χ0) is 35.3. The van der Waals surface area contributed by atoms with Crippen molar-refractivity contribution >= 4 is 5.69 Å². The van der Waals surface area contributed by atoms with E-state index in [0.717, 1.165) is 36.9 Å². The van der Waals surface area contributed by atoms with E-state index in [0.29, 0.717) is 17.8 Å². The molecule has 1 aromatic carbocycles. The number of hydrogen-bond donors (Lipinski definition) is 5. The van der Waals surface area contributed by atoms with Crippen LogP contribution in [0, 0.1) is 5.41 Å². The maximum atomic E-state index is 13.5. The highest BCUT2D eigenvalue weighted by molar-refractivity contribution is 5.63. The number of anilines is 1. The Morgan fingerprint density at radius 2 is 1.41 bits per heavy atom. The normalized spacial score (nSPS) is 17.8. The molecule has 0 heterocycles. The van der Waals surface area contributed by atoms with E-state index in [1.165, 1.54) is 11.6 Å². The number of benzene rings is 1. The molecule has 1 aromatic rings. The Kier molecular flexibility index (Phi) is 12.4. The largest absolute Gasteiger partial charge is 0.407 e. The molecule has 46 heavy (non-hydrogen) atoms. The van der Waals surface area contributed by atoms with Gasteiger partial charge in [0.25, 0.3) is 0 Å². The van der Waals surface area contributed by atoms with Gasteiger partial charge in [0.1, 0.15) is 12.1 Å². The standard InChI is InChI=1S/C34H48F6N6/c1-31(2,3)21-8-13-24(14-9-21)46(25-15-10-22(11-16-25)32(4,5)6)26(17-12-23(41)18-29(44)33(35,36)37)19-27(42)28(43)20-30(45-7)34(38,39)40/h8-10,13-15,17-20,29-30,45H,11-12,16,41-44H2,1-7H3/b23-18-,26-17+,27-19-,28-20-. The van der Waals surface area contributed by atoms with Gasteiger partial charge in [-0.3, -0.25) is 0 Å². The average Bonchev–Trinajstić information content (AvgIpc) is 2.92. The van der Waals surface area contributed by atoms with Crippen molar-refractivity contribution in [1.82, 2.24) is 5.32 Å². The number of alkyl halides is 6. The molecule has 0 radical (unpaired) electrons. The van der Waals surface area contributed by atoms with Crippen LogP contribution in [0.25, 0.3) is 0 Å². The summed E-state index contributed by atoms with van der Waals surface area (Å²) < 4.78 is 79.7. The summed E-state index contributed by atoms with van der Waals surface area (Å²) in [4.78, 5) is 1.86. The Balaban J connectivity index is 2.82. The van der Waals surface area contributed by atoms with Gasteiger partial charge in [-0.15, -0.1) is 0 Å². The molecule has 0 amide bonds. The fraction of sp³-hybridized carbons (Fsp3) is 0.471. The van der Waals surface area contributed by atoms with Gasteiger partial charge in [-0.1, -0.05) is 71.4 Å². The van der Waals surface area contributed by atoms with Crippen molar-refractivity contribution in [1.29, 1.82) is 0 Å². The van der Waals surface area contributed by atoms with Crippen molar-refractivity contribution < 1.29 is 26.3 Å². The minimum Gasteiger partial charge on any atom is -0.402 e. The van der Waals surface area contributed by atoms with Crippen LogP contribution in [-0.4, -0.2) is 31.5 Å². The predicted octanol–water partition coefficient (Wildman–Crippen LogP) is 7.28. The third-order valence-corrected chi connectivity index (χ3v) is 7.59. The zero-order valence-electron chi connectivity index (χ0n) is 27.6. The van der Waals surface area contributed by atoms with Crippen LogP contribution in [0.1, 0.15) is 66.4 Å². The molecule has 256 valence electrons. The summed E-state index contributed by atoms with van der Waals surface area (Å²) in [5.41, 5.74) is 26.8. The summed E-state index contributed by atoms with van der Waals surface area (Å²) in [5, 5.41) is 2.15. The van der Waals surface area contributed by atoms with Crippen LogP contribution in [-0.2, 0) is 5.41 Å².